The summed E-state index contributed by atoms with van der Waals surface area (Å²) < 4.78 is 2.56. The van der Waals surface area contributed by atoms with E-state index in [0.717, 1.165) is 9.37 Å². The van der Waals surface area contributed by atoms with Gasteiger partial charge >= 0.3 is 0 Å². The molecule has 20 heavy (non-hydrogen) atoms. The maximum absolute atomic E-state index is 12.2. The maximum atomic E-state index is 12.2. The van der Waals surface area contributed by atoms with E-state index in [4.69, 9.17) is 0 Å². The number of hydrogen-bond donors (Lipinski definition) is 0. The summed E-state index contributed by atoms with van der Waals surface area (Å²) in [7, 11) is 0. The number of aromatic nitrogens is 1. The predicted molar refractivity (Wildman–Crippen MR) is 88.7 cm³/mol. The molecule has 3 nitrogen and oxygen atoms in total. The zero-order chi connectivity index (χ0) is 14.7. The van der Waals surface area contributed by atoms with Crippen LogP contribution in [0.5, 0.6) is 0 Å². The molecular formula is C14H11Br2NO2S. The van der Waals surface area contributed by atoms with Crippen LogP contribution in [0.3, 0.4) is 0 Å². The number of benzene rings is 1. The standard InChI is InChI=1S/C14H11Br2NO2S/c1-20-11-4-2-9(3-5-11)13(18)8-17-7-10(15)6-12(16)14(17)19/h2-7H,8H2,1H3. The third-order valence-electron chi connectivity index (χ3n) is 2.73. The highest BCUT2D eigenvalue weighted by molar-refractivity contribution is 9.11. The molecule has 0 N–H and O–H groups in total. The first-order valence-corrected chi connectivity index (χ1v) is 8.55. The first kappa shape index (κ1) is 15.5. The number of carbonyl (C=O) groups is 1. The molecule has 0 bridgehead atoms. The van der Waals surface area contributed by atoms with Crippen molar-refractivity contribution in [1.29, 1.82) is 0 Å². The van der Waals surface area contributed by atoms with Crippen LogP contribution < -0.4 is 5.56 Å². The van der Waals surface area contributed by atoms with Crippen molar-refractivity contribution in [3.63, 3.8) is 0 Å². The monoisotopic (exact) mass is 415 g/mol. The van der Waals surface area contributed by atoms with E-state index in [1.54, 1.807) is 36.2 Å². The van der Waals surface area contributed by atoms with Crippen LogP contribution in [0.25, 0.3) is 0 Å². The molecule has 0 aliphatic heterocycles. The van der Waals surface area contributed by atoms with Crippen LogP contribution in [0.2, 0.25) is 0 Å². The zero-order valence-electron chi connectivity index (χ0n) is 10.6. The molecule has 0 radical (unpaired) electrons. The quantitative estimate of drug-likeness (QED) is 0.559. The highest BCUT2D eigenvalue weighted by atomic mass is 79.9. The molecule has 0 aliphatic carbocycles. The van der Waals surface area contributed by atoms with E-state index >= 15 is 0 Å². The minimum absolute atomic E-state index is 0.0233. The molecule has 1 aromatic carbocycles. The number of thioether (sulfide) groups is 1. The summed E-state index contributed by atoms with van der Waals surface area (Å²) in [5, 5.41) is 0. The van der Waals surface area contributed by atoms with E-state index < -0.39 is 0 Å². The van der Waals surface area contributed by atoms with Gasteiger partial charge in [0.1, 0.15) is 0 Å². The fourth-order valence-electron chi connectivity index (χ4n) is 1.71. The van der Waals surface area contributed by atoms with Gasteiger partial charge in [-0.1, -0.05) is 12.1 Å². The predicted octanol–water partition coefficient (Wildman–Crippen LogP) is 3.98. The number of halogens is 2. The van der Waals surface area contributed by atoms with Crippen LogP contribution in [0.4, 0.5) is 0 Å². The Bertz CT molecular complexity index is 695. The van der Waals surface area contributed by atoms with Gasteiger partial charge < -0.3 is 4.57 Å². The van der Waals surface area contributed by atoms with E-state index in [9.17, 15) is 9.59 Å². The van der Waals surface area contributed by atoms with E-state index in [-0.39, 0.29) is 17.9 Å². The Balaban J connectivity index is 2.25. The summed E-state index contributed by atoms with van der Waals surface area (Å²) >= 11 is 8.11. The Morgan fingerprint density at radius 2 is 1.90 bits per heavy atom. The van der Waals surface area contributed by atoms with Gasteiger partial charge in [0.15, 0.2) is 5.78 Å². The van der Waals surface area contributed by atoms with Crippen LogP contribution in [-0.2, 0) is 6.54 Å². The van der Waals surface area contributed by atoms with Crippen LogP contribution >= 0.6 is 43.6 Å². The molecule has 0 saturated heterocycles. The Kier molecular flexibility index (Phi) is 5.23. The van der Waals surface area contributed by atoms with Gasteiger partial charge in [-0.05, 0) is 56.3 Å². The van der Waals surface area contributed by atoms with E-state index in [2.05, 4.69) is 31.9 Å². The van der Waals surface area contributed by atoms with Gasteiger partial charge in [-0.25, -0.2) is 0 Å². The first-order valence-electron chi connectivity index (χ1n) is 5.74. The lowest BCUT2D eigenvalue weighted by Crippen LogP contribution is -2.24. The van der Waals surface area contributed by atoms with E-state index in [1.807, 2.05) is 18.4 Å². The number of nitrogens with zero attached hydrogens (tertiary/aromatic N) is 1. The average Bonchev–Trinajstić information content (AvgIpc) is 2.44. The minimum Gasteiger partial charge on any atom is -0.306 e. The second kappa shape index (κ2) is 6.74. The molecule has 1 aromatic heterocycles. The highest BCUT2D eigenvalue weighted by Crippen LogP contribution is 2.16. The smallest absolute Gasteiger partial charge is 0.265 e. The number of pyridine rings is 1. The Morgan fingerprint density at radius 1 is 1.25 bits per heavy atom. The molecule has 0 spiro atoms. The van der Waals surface area contributed by atoms with Gasteiger partial charge in [0.2, 0.25) is 0 Å². The fourth-order valence-corrected chi connectivity index (χ4v) is 3.37. The molecule has 6 heteroatoms. The largest absolute Gasteiger partial charge is 0.306 e. The van der Waals surface area contributed by atoms with E-state index in [1.165, 1.54) is 4.57 Å². The second-order valence-corrected chi connectivity index (χ2v) is 6.74. The summed E-state index contributed by atoms with van der Waals surface area (Å²) in [5.41, 5.74) is 0.382. The molecule has 0 fully saturated rings. The maximum Gasteiger partial charge on any atom is 0.265 e. The van der Waals surface area contributed by atoms with Gasteiger partial charge in [-0.3, -0.25) is 9.59 Å². The van der Waals surface area contributed by atoms with Gasteiger partial charge in [-0.2, -0.15) is 0 Å². The molecule has 2 rings (SSSR count). The summed E-state index contributed by atoms with van der Waals surface area (Å²) in [5.74, 6) is -0.0928. The van der Waals surface area contributed by atoms with Crippen LogP contribution in [0.1, 0.15) is 10.4 Å². The van der Waals surface area contributed by atoms with Crippen molar-refractivity contribution in [1.82, 2.24) is 4.57 Å². The minimum atomic E-state index is -0.220. The van der Waals surface area contributed by atoms with Crippen LogP contribution in [0, 0.1) is 0 Å². The Hall–Kier alpha value is -0.850. The van der Waals surface area contributed by atoms with Gasteiger partial charge in [0.05, 0.1) is 11.0 Å². The van der Waals surface area contributed by atoms with Crippen molar-refractivity contribution in [2.24, 2.45) is 0 Å². The molecule has 0 unspecified atom stereocenters. The van der Waals surface area contributed by atoms with Crippen molar-refractivity contribution >= 4 is 49.4 Å². The lowest BCUT2D eigenvalue weighted by Gasteiger charge is -2.07. The highest BCUT2D eigenvalue weighted by Gasteiger charge is 2.10. The molecule has 2 aromatic rings. The fraction of sp³-hybridized carbons (Fsp3) is 0.143. The van der Waals surface area contributed by atoms with Crippen molar-refractivity contribution in [2.45, 2.75) is 11.4 Å². The molecular weight excluding hydrogens is 406 g/mol. The number of carbonyl (C=O) groups excluding carboxylic acids is 1. The van der Waals surface area contributed by atoms with Crippen LogP contribution in [-0.4, -0.2) is 16.6 Å². The summed E-state index contributed by atoms with van der Waals surface area (Å²) in [6.45, 7) is 0.0233. The zero-order valence-corrected chi connectivity index (χ0v) is 14.6. The molecule has 0 amide bonds. The number of Topliss-reactive ketones (excluding diaryl/α,β-unsaturated/α-hetero) is 1. The summed E-state index contributed by atoms with van der Waals surface area (Å²) in [4.78, 5) is 25.2. The average molecular weight is 417 g/mol. The SMILES string of the molecule is CSc1ccc(C(=O)Cn2cc(Br)cc(Br)c2=O)cc1. The van der Waals surface area contributed by atoms with Gasteiger partial charge in [0.25, 0.3) is 5.56 Å². The van der Waals surface area contributed by atoms with Gasteiger partial charge in [0, 0.05) is 21.1 Å². The molecule has 0 atom stereocenters. The lowest BCUT2D eigenvalue weighted by atomic mass is 10.1. The van der Waals surface area contributed by atoms with Crippen LogP contribution in [0.15, 0.2) is 55.2 Å². The topological polar surface area (TPSA) is 39.1 Å². The second-order valence-electron chi connectivity index (χ2n) is 4.09. The number of rotatable bonds is 4. The lowest BCUT2D eigenvalue weighted by molar-refractivity contribution is 0.0970. The van der Waals surface area contributed by atoms with Crippen molar-refractivity contribution in [3.05, 3.63) is 61.4 Å². The molecule has 1 heterocycles. The third kappa shape index (κ3) is 3.62. The Morgan fingerprint density at radius 3 is 2.50 bits per heavy atom. The van der Waals surface area contributed by atoms with Crippen molar-refractivity contribution in [3.8, 4) is 0 Å². The molecule has 0 aliphatic rings. The summed E-state index contributed by atoms with van der Waals surface area (Å²) in [6.07, 6.45) is 3.59. The molecule has 0 saturated carbocycles. The number of ketones is 1. The van der Waals surface area contributed by atoms with Crippen molar-refractivity contribution < 1.29 is 4.79 Å². The van der Waals surface area contributed by atoms with Crippen molar-refractivity contribution in [2.75, 3.05) is 6.26 Å². The summed E-state index contributed by atoms with van der Waals surface area (Å²) in [6, 6.07) is 9.03. The third-order valence-corrected chi connectivity index (χ3v) is 4.48. The normalized spacial score (nSPS) is 10.6. The van der Waals surface area contributed by atoms with Gasteiger partial charge in [-0.15, -0.1) is 11.8 Å². The molecule has 104 valence electrons. The Labute approximate surface area is 137 Å². The number of hydrogen-bond acceptors (Lipinski definition) is 3. The van der Waals surface area contributed by atoms with E-state index in [0.29, 0.717) is 10.0 Å². The first-order chi connectivity index (χ1) is 9.51.